The summed E-state index contributed by atoms with van der Waals surface area (Å²) in [7, 11) is 0. The standard InChI is InChI=1S/C15H17N3O2S/c1-2-10-5-7-11(8-6-10)13(19)16-15-18-17-14(21-15)12-4-3-9-20-12/h5-8,12H,2-4,9H2,1H3,(H,16,18,19)/t12-/m1/s1. The molecule has 1 aromatic heterocycles. The van der Waals surface area contributed by atoms with Crippen LogP contribution in [0, 0.1) is 0 Å². The average Bonchev–Trinajstić information content (AvgIpc) is 3.18. The molecular formula is C15H17N3O2S. The molecule has 1 aliphatic heterocycles. The zero-order valence-electron chi connectivity index (χ0n) is 11.8. The molecule has 0 unspecified atom stereocenters. The molecule has 110 valence electrons. The first-order valence-electron chi connectivity index (χ1n) is 7.11. The minimum Gasteiger partial charge on any atom is -0.371 e. The summed E-state index contributed by atoms with van der Waals surface area (Å²) < 4.78 is 5.56. The van der Waals surface area contributed by atoms with Gasteiger partial charge < -0.3 is 4.74 Å². The minimum atomic E-state index is -0.160. The number of benzene rings is 1. The molecule has 0 radical (unpaired) electrons. The number of aromatic nitrogens is 2. The third-order valence-electron chi connectivity index (χ3n) is 3.49. The number of amides is 1. The van der Waals surface area contributed by atoms with Gasteiger partial charge in [0.2, 0.25) is 5.13 Å². The van der Waals surface area contributed by atoms with E-state index in [2.05, 4.69) is 22.4 Å². The van der Waals surface area contributed by atoms with Crippen LogP contribution in [-0.2, 0) is 11.2 Å². The van der Waals surface area contributed by atoms with Crippen LogP contribution in [0.4, 0.5) is 5.13 Å². The number of carbonyl (C=O) groups is 1. The summed E-state index contributed by atoms with van der Waals surface area (Å²) >= 11 is 1.38. The summed E-state index contributed by atoms with van der Waals surface area (Å²) in [5.74, 6) is -0.160. The van der Waals surface area contributed by atoms with E-state index >= 15 is 0 Å². The highest BCUT2D eigenvalue weighted by Crippen LogP contribution is 2.31. The van der Waals surface area contributed by atoms with Gasteiger partial charge >= 0.3 is 0 Å². The summed E-state index contributed by atoms with van der Waals surface area (Å²) in [6.45, 7) is 2.86. The molecule has 3 rings (SSSR count). The van der Waals surface area contributed by atoms with Crippen LogP contribution in [0.25, 0.3) is 0 Å². The molecule has 6 heteroatoms. The van der Waals surface area contributed by atoms with Crippen molar-refractivity contribution >= 4 is 22.4 Å². The maximum absolute atomic E-state index is 12.1. The van der Waals surface area contributed by atoms with E-state index in [-0.39, 0.29) is 12.0 Å². The number of hydrogen-bond donors (Lipinski definition) is 1. The summed E-state index contributed by atoms with van der Waals surface area (Å²) in [5, 5.41) is 12.3. The highest BCUT2D eigenvalue weighted by atomic mass is 32.1. The Balaban J connectivity index is 1.66. The van der Waals surface area contributed by atoms with Crippen molar-refractivity contribution < 1.29 is 9.53 Å². The van der Waals surface area contributed by atoms with Crippen LogP contribution in [0.2, 0.25) is 0 Å². The van der Waals surface area contributed by atoms with Crippen LogP contribution in [0.5, 0.6) is 0 Å². The van der Waals surface area contributed by atoms with Crippen molar-refractivity contribution in [2.24, 2.45) is 0 Å². The number of hydrogen-bond acceptors (Lipinski definition) is 5. The van der Waals surface area contributed by atoms with Gasteiger partial charge in [-0.15, -0.1) is 10.2 Å². The van der Waals surface area contributed by atoms with Gasteiger partial charge in [-0.05, 0) is 37.0 Å². The van der Waals surface area contributed by atoms with Crippen LogP contribution in [0.3, 0.4) is 0 Å². The molecule has 2 aromatic rings. The second-order valence-electron chi connectivity index (χ2n) is 4.95. The molecule has 1 aliphatic rings. The highest BCUT2D eigenvalue weighted by molar-refractivity contribution is 7.15. The molecule has 21 heavy (non-hydrogen) atoms. The first-order chi connectivity index (χ1) is 10.3. The minimum absolute atomic E-state index is 0.0389. The zero-order chi connectivity index (χ0) is 14.7. The molecule has 1 saturated heterocycles. The van der Waals surface area contributed by atoms with Gasteiger partial charge in [0, 0.05) is 12.2 Å². The Hall–Kier alpha value is -1.79. The predicted octanol–water partition coefficient (Wildman–Crippen LogP) is 3.20. The van der Waals surface area contributed by atoms with E-state index in [1.807, 2.05) is 24.3 Å². The fourth-order valence-corrected chi connectivity index (χ4v) is 3.07. The predicted molar refractivity (Wildman–Crippen MR) is 81.6 cm³/mol. The molecule has 0 aliphatic carbocycles. The Bertz CT molecular complexity index is 618. The van der Waals surface area contributed by atoms with Gasteiger partial charge in [-0.2, -0.15) is 0 Å². The van der Waals surface area contributed by atoms with Gasteiger partial charge in [-0.25, -0.2) is 0 Å². The van der Waals surface area contributed by atoms with Crippen molar-refractivity contribution in [2.75, 3.05) is 11.9 Å². The van der Waals surface area contributed by atoms with E-state index in [0.29, 0.717) is 10.7 Å². The van der Waals surface area contributed by atoms with E-state index in [4.69, 9.17) is 4.74 Å². The van der Waals surface area contributed by atoms with Crippen LogP contribution in [-0.4, -0.2) is 22.7 Å². The largest absolute Gasteiger partial charge is 0.371 e. The van der Waals surface area contributed by atoms with Gasteiger partial charge in [0.05, 0.1) is 0 Å². The summed E-state index contributed by atoms with van der Waals surface area (Å²) in [6, 6.07) is 7.59. The van der Waals surface area contributed by atoms with Gasteiger partial charge in [0.1, 0.15) is 11.1 Å². The van der Waals surface area contributed by atoms with Gasteiger partial charge in [0.25, 0.3) is 5.91 Å². The summed E-state index contributed by atoms with van der Waals surface area (Å²) in [6.07, 6.45) is 3.02. The van der Waals surface area contributed by atoms with Crippen molar-refractivity contribution in [1.29, 1.82) is 0 Å². The lowest BCUT2D eigenvalue weighted by molar-refractivity contribution is 0.102. The Morgan fingerprint density at radius 1 is 1.38 bits per heavy atom. The van der Waals surface area contributed by atoms with E-state index in [1.54, 1.807) is 0 Å². The van der Waals surface area contributed by atoms with Crippen molar-refractivity contribution in [3.8, 4) is 0 Å². The lowest BCUT2D eigenvalue weighted by Crippen LogP contribution is -2.11. The molecule has 1 atom stereocenters. The number of nitrogens with one attached hydrogen (secondary N) is 1. The first-order valence-corrected chi connectivity index (χ1v) is 7.93. The van der Waals surface area contributed by atoms with Crippen molar-refractivity contribution in [1.82, 2.24) is 10.2 Å². The van der Waals surface area contributed by atoms with Crippen molar-refractivity contribution in [3.63, 3.8) is 0 Å². The maximum atomic E-state index is 12.1. The molecule has 0 spiro atoms. The van der Waals surface area contributed by atoms with E-state index in [1.165, 1.54) is 16.9 Å². The lowest BCUT2D eigenvalue weighted by Gasteiger charge is -2.03. The Labute approximate surface area is 127 Å². The molecule has 1 aromatic carbocycles. The summed E-state index contributed by atoms with van der Waals surface area (Å²) in [5.41, 5.74) is 1.84. The van der Waals surface area contributed by atoms with Crippen LogP contribution >= 0.6 is 11.3 Å². The van der Waals surface area contributed by atoms with Crippen molar-refractivity contribution in [2.45, 2.75) is 32.3 Å². The SMILES string of the molecule is CCc1ccc(C(=O)Nc2nnc([C@H]3CCCO3)s2)cc1. The van der Waals surface area contributed by atoms with Gasteiger partial charge in [-0.1, -0.05) is 30.4 Å². The maximum Gasteiger partial charge on any atom is 0.257 e. The van der Waals surface area contributed by atoms with Crippen LogP contribution in [0.15, 0.2) is 24.3 Å². The second-order valence-corrected chi connectivity index (χ2v) is 5.96. The Morgan fingerprint density at radius 2 is 2.19 bits per heavy atom. The third kappa shape index (κ3) is 3.28. The number of ether oxygens (including phenoxy) is 1. The fraction of sp³-hybridized carbons (Fsp3) is 0.400. The molecule has 2 heterocycles. The number of anilines is 1. The van der Waals surface area contributed by atoms with Gasteiger partial charge in [-0.3, -0.25) is 10.1 Å². The molecule has 1 fully saturated rings. The number of carbonyl (C=O) groups excluding carboxylic acids is 1. The molecule has 5 nitrogen and oxygen atoms in total. The molecule has 1 amide bonds. The van der Waals surface area contributed by atoms with Crippen molar-refractivity contribution in [3.05, 3.63) is 40.4 Å². The van der Waals surface area contributed by atoms with Crippen LogP contribution in [0.1, 0.15) is 46.8 Å². The Morgan fingerprint density at radius 3 is 2.86 bits per heavy atom. The topological polar surface area (TPSA) is 64.1 Å². The van der Waals surface area contributed by atoms with E-state index in [9.17, 15) is 4.79 Å². The quantitative estimate of drug-likeness (QED) is 0.942. The Kier molecular flexibility index (Phi) is 4.26. The first kappa shape index (κ1) is 14.2. The van der Waals surface area contributed by atoms with E-state index in [0.717, 1.165) is 30.9 Å². The summed E-state index contributed by atoms with van der Waals surface area (Å²) in [4.78, 5) is 12.1. The van der Waals surface area contributed by atoms with Crippen LogP contribution < -0.4 is 5.32 Å². The van der Waals surface area contributed by atoms with Gasteiger partial charge in [0.15, 0.2) is 0 Å². The smallest absolute Gasteiger partial charge is 0.257 e. The lowest BCUT2D eigenvalue weighted by atomic mass is 10.1. The number of rotatable bonds is 4. The fourth-order valence-electron chi connectivity index (χ4n) is 2.25. The number of nitrogens with zero attached hydrogens (tertiary/aromatic N) is 2. The highest BCUT2D eigenvalue weighted by Gasteiger charge is 2.22. The normalized spacial score (nSPS) is 17.9. The monoisotopic (exact) mass is 303 g/mol. The van der Waals surface area contributed by atoms with E-state index < -0.39 is 0 Å². The average molecular weight is 303 g/mol. The third-order valence-corrected chi connectivity index (χ3v) is 4.42. The molecule has 0 bridgehead atoms. The molecule has 0 saturated carbocycles. The second kappa shape index (κ2) is 6.32. The zero-order valence-corrected chi connectivity index (χ0v) is 12.7. The number of aryl methyl sites for hydroxylation is 1. The molecule has 1 N–H and O–H groups in total. The molecular weight excluding hydrogens is 286 g/mol.